The van der Waals surface area contributed by atoms with Gasteiger partial charge < -0.3 is 14.7 Å². The summed E-state index contributed by atoms with van der Waals surface area (Å²) < 4.78 is 5.23. The van der Waals surface area contributed by atoms with Gasteiger partial charge >= 0.3 is 6.03 Å². The van der Waals surface area contributed by atoms with E-state index >= 15 is 0 Å². The van der Waals surface area contributed by atoms with Gasteiger partial charge in [-0.3, -0.25) is 0 Å². The van der Waals surface area contributed by atoms with Gasteiger partial charge in [0.25, 0.3) is 0 Å². The minimum atomic E-state index is -0.0663. The standard InChI is InChI=1S/C16H22N4O2/c1-4-20(5-2)16(21)17-10-9-14-18-15(19-22-14)13-8-6-7-12(3)11-13/h6-8,11H,4-5,9-10H2,1-3H3,(H,17,21). The molecule has 2 amide bonds. The largest absolute Gasteiger partial charge is 0.339 e. The Balaban J connectivity index is 1.89. The zero-order valence-electron chi connectivity index (χ0n) is 13.3. The molecule has 1 aromatic heterocycles. The molecule has 22 heavy (non-hydrogen) atoms. The number of amides is 2. The Morgan fingerprint density at radius 2 is 2.09 bits per heavy atom. The van der Waals surface area contributed by atoms with E-state index < -0.39 is 0 Å². The Morgan fingerprint density at radius 3 is 2.77 bits per heavy atom. The number of urea groups is 1. The number of benzene rings is 1. The van der Waals surface area contributed by atoms with E-state index in [1.165, 1.54) is 0 Å². The van der Waals surface area contributed by atoms with Gasteiger partial charge in [0.1, 0.15) is 0 Å². The average molecular weight is 302 g/mol. The van der Waals surface area contributed by atoms with E-state index in [0.29, 0.717) is 37.8 Å². The van der Waals surface area contributed by atoms with Gasteiger partial charge in [-0.25, -0.2) is 4.79 Å². The third kappa shape index (κ3) is 4.07. The molecule has 0 bridgehead atoms. The first-order valence-corrected chi connectivity index (χ1v) is 7.56. The van der Waals surface area contributed by atoms with Crippen molar-refractivity contribution < 1.29 is 9.32 Å². The first kappa shape index (κ1) is 16.0. The molecule has 0 aliphatic heterocycles. The highest BCUT2D eigenvalue weighted by Crippen LogP contribution is 2.16. The van der Waals surface area contributed by atoms with Crippen molar-refractivity contribution in [1.82, 2.24) is 20.4 Å². The molecule has 6 heteroatoms. The van der Waals surface area contributed by atoms with E-state index in [2.05, 4.69) is 15.5 Å². The lowest BCUT2D eigenvalue weighted by molar-refractivity contribution is 0.203. The molecule has 0 unspecified atom stereocenters. The van der Waals surface area contributed by atoms with Crippen molar-refractivity contribution in [2.24, 2.45) is 0 Å². The van der Waals surface area contributed by atoms with Crippen LogP contribution in [0.2, 0.25) is 0 Å². The molecule has 0 radical (unpaired) electrons. The van der Waals surface area contributed by atoms with Crippen LogP contribution in [0, 0.1) is 6.92 Å². The number of nitrogens with one attached hydrogen (secondary N) is 1. The number of nitrogens with zero attached hydrogens (tertiary/aromatic N) is 3. The van der Waals surface area contributed by atoms with Gasteiger partial charge in [-0.1, -0.05) is 28.9 Å². The van der Waals surface area contributed by atoms with Crippen LogP contribution in [0.1, 0.15) is 25.3 Å². The summed E-state index contributed by atoms with van der Waals surface area (Å²) in [5, 5.41) is 6.83. The SMILES string of the molecule is CCN(CC)C(=O)NCCc1nc(-c2cccc(C)c2)no1. The lowest BCUT2D eigenvalue weighted by Crippen LogP contribution is -2.40. The van der Waals surface area contributed by atoms with Crippen molar-refractivity contribution in [2.45, 2.75) is 27.2 Å². The van der Waals surface area contributed by atoms with Crippen LogP contribution in [0.15, 0.2) is 28.8 Å². The summed E-state index contributed by atoms with van der Waals surface area (Å²) in [6, 6.07) is 7.88. The summed E-state index contributed by atoms with van der Waals surface area (Å²) in [5.74, 6) is 1.10. The van der Waals surface area contributed by atoms with Crippen molar-refractivity contribution in [1.29, 1.82) is 0 Å². The highest BCUT2D eigenvalue weighted by Gasteiger charge is 2.11. The molecule has 2 rings (SSSR count). The van der Waals surface area contributed by atoms with E-state index in [4.69, 9.17) is 4.52 Å². The second-order valence-corrected chi connectivity index (χ2v) is 5.04. The Kier molecular flexibility index (Phi) is 5.52. The van der Waals surface area contributed by atoms with Crippen LogP contribution in [0.5, 0.6) is 0 Å². The van der Waals surface area contributed by atoms with Crippen molar-refractivity contribution in [3.63, 3.8) is 0 Å². The highest BCUT2D eigenvalue weighted by atomic mass is 16.5. The second-order valence-electron chi connectivity index (χ2n) is 5.04. The Bertz CT molecular complexity index is 620. The summed E-state index contributed by atoms with van der Waals surface area (Å²) in [4.78, 5) is 17.9. The molecule has 0 aliphatic rings. The zero-order valence-corrected chi connectivity index (χ0v) is 13.3. The van der Waals surface area contributed by atoms with Crippen molar-refractivity contribution in [3.8, 4) is 11.4 Å². The molecule has 0 saturated heterocycles. The minimum Gasteiger partial charge on any atom is -0.339 e. The summed E-state index contributed by atoms with van der Waals surface area (Å²) in [7, 11) is 0. The third-order valence-corrected chi connectivity index (χ3v) is 3.41. The van der Waals surface area contributed by atoms with Gasteiger partial charge in [-0.2, -0.15) is 4.98 Å². The van der Waals surface area contributed by atoms with Crippen LogP contribution in [-0.4, -0.2) is 40.7 Å². The molecule has 1 N–H and O–H groups in total. The summed E-state index contributed by atoms with van der Waals surface area (Å²) in [6.45, 7) is 7.79. The molecule has 0 aliphatic carbocycles. The molecule has 2 aromatic rings. The lowest BCUT2D eigenvalue weighted by Gasteiger charge is -2.18. The van der Waals surface area contributed by atoms with Gasteiger partial charge in [0, 0.05) is 31.6 Å². The van der Waals surface area contributed by atoms with Gasteiger partial charge in [-0.15, -0.1) is 0 Å². The van der Waals surface area contributed by atoms with Crippen LogP contribution in [0.4, 0.5) is 4.79 Å². The van der Waals surface area contributed by atoms with Crippen LogP contribution in [0.3, 0.4) is 0 Å². The zero-order chi connectivity index (χ0) is 15.9. The number of carbonyl (C=O) groups is 1. The lowest BCUT2D eigenvalue weighted by atomic mass is 10.1. The van der Waals surface area contributed by atoms with Crippen LogP contribution < -0.4 is 5.32 Å². The van der Waals surface area contributed by atoms with Crippen LogP contribution in [0.25, 0.3) is 11.4 Å². The predicted molar refractivity (Wildman–Crippen MR) is 84.5 cm³/mol. The van der Waals surface area contributed by atoms with Crippen LogP contribution >= 0.6 is 0 Å². The molecular formula is C16H22N4O2. The maximum atomic E-state index is 11.8. The first-order chi connectivity index (χ1) is 10.6. The Morgan fingerprint density at radius 1 is 1.32 bits per heavy atom. The van der Waals surface area contributed by atoms with Gasteiger partial charge in [0.15, 0.2) is 0 Å². The van der Waals surface area contributed by atoms with Crippen molar-refractivity contribution in [2.75, 3.05) is 19.6 Å². The number of aromatic nitrogens is 2. The number of hydrogen-bond donors (Lipinski definition) is 1. The fraction of sp³-hybridized carbons (Fsp3) is 0.438. The Labute approximate surface area is 130 Å². The van der Waals surface area contributed by atoms with Crippen molar-refractivity contribution in [3.05, 3.63) is 35.7 Å². The number of rotatable bonds is 6. The molecule has 0 atom stereocenters. The van der Waals surface area contributed by atoms with E-state index in [9.17, 15) is 4.79 Å². The molecule has 118 valence electrons. The van der Waals surface area contributed by atoms with Gasteiger partial charge in [-0.05, 0) is 26.8 Å². The van der Waals surface area contributed by atoms with E-state index in [-0.39, 0.29) is 6.03 Å². The fourth-order valence-electron chi connectivity index (χ4n) is 2.16. The number of carbonyl (C=O) groups excluding carboxylic acids is 1. The molecule has 6 nitrogen and oxygen atoms in total. The maximum Gasteiger partial charge on any atom is 0.317 e. The predicted octanol–water partition coefficient (Wildman–Crippen LogP) is 2.64. The molecule has 0 fully saturated rings. The van der Waals surface area contributed by atoms with Crippen LogP contribution in [-0.2, 0) is 6.42 Å². The molecule has 1 heterocycles. The van der Waals surface area contributed by atoms with Gasteiger partial charge in [0.2, 0.25) is 11.7 Å². The molecule has 1 aromatic carbocycles. The quantitative estimate of drug-likeness (QED) is 0.890. The highest BCUT2D eigenvalue weighted by molar-refractivity contribution is 5.74. The topological polar surface area (TPSA) is 71.3 Å². The average Bonchev–Trinajstić information content (AvgIpc) is 2.97. The maximum absolute atomic E-state index is 11.8. The normalized spacial score (nSPS) is 10.5. The third-order valence-electron chi connectivity index (χ3n) is 3.41. The summed E-state index contributed by atoms with van der Waals surface area (Å²) >= 11 is 0. The first-order valence-electron chi connectivity index (χ1n) is 7.56. The monoisotopic (exact) mass is 302 g/mol. The fourth-order valence-corrected chi connectivity index (χ4v) is 2.16. The number of aryl methyl sites for hydroxylation is 1. The molecule has 0 spiro atoms. The molecule has 0 saturated carbocycles. The number of hydrogen-bond acceptors (Lipinski definition) is 4. The van der Waals surface area contributed by atoms with Crippen molar-refractivity contribution >= 4 is 6.03 Å². The van der Waals surface area contributed by atoms with E-state index in [1.807, 2.05) is 45.0 Å². The minimum absolute atomic E-state index is 0.0663. The molecular weight excluding hydrogens is 280 g/mol. The smallest absolute Gasteiger partial charge is 0.317 e. The second kappa shape index (κ2) is 7.59. The van der Waals surface area contributed by atoms with E-state index in [0.717, 1.165) is 11.1 Å². The van der Waals surface area contributed by atoms with Gasteiger partial charge in [0.05, 0.1) is 0 Å². The van der Waals surface area contributed by atoms with E-state index in [1.54, 1.807) is 4.90 Å². The summed E-state index contributed by atoms with van der Waals surface area (Å²) in [6.07, 6.45) is 0.520. The Hall–Kier alpha value is -2.37. The summed E-state index contributed by atoms with van der Waals surface area (Å²) in [5.41, 5.74) is 2.08.